The lowest BCUT2D eigenvalue weighted by atomic mass is 10.2. The first-order valence-electron chi connectivity index (χ1n) is 8.86. The number of hydrogen-bond donors (Lipinski definition) is 2. The van der Waals surface area contributed by atoms with Gasteiger partial charge in [0.15, 0.2) is 5.82 Å². The Labute approximate surface area is 160 Å². The van der Waals surface area contributed by atoms with Crippen LogP contribution in [0.3, 0.4) is 0 Å². The molecule has 7 nitrogen and oxygen atoms in total. The zero-order valence-corrected chi connectivity index (χ0v) is 16.6. The second-order valence-corrected chi connectivity index (χ2v) is 7.93. The van der Waals surface area contributed by atoms with E-state index in [2.05, 4.69) is 16.6 Å². The molecule has 1 aromatic heterocycles. The van der Waals surface area contributed by atoms with E-state index in [4.69, 9.17) is 0 Å². The topological polar surface area (TPSA) is 99.6 Å². The molecule has 0 spiro atoms. The molecule has 146 valence electrons. The Morgan fingerprint density at radius 2 is 1.89 bits per heavy atom. The van der Waals surface area contributed by atoms with Gasteiger partial charge < -0.3 is 10.0 Å². The zero-order chi connectivity index (χ0) is 20.0. The molecule has 2 rings (SSSR count). The fourth-order valence-electron chi connectivity index (χ4n) is 2.59. The van der Waals surface area contributed by atoms with E-state index in [1.807, 2.05) is 18.7 Å². The Morgan fingerprint density at radius 3 is 2.44 bits per heavy atom. The standard InChI is InChI=1S/C19H25N3O4S/c1-4-6-11-22(5-2)18-17(12-15(13-20-18)19(23)24)21-27(25,26)16-9-7-14(3)8-10-16/h7-10,12-13,21H,4-6,11H2,1-3H3,(H,23,24). The Hall–Kier alpha value is -2.61. The summed E-state index contributed by atoms with van der Waals surface area (Å²) in [6.45, 7) is 7.20. The summed E-state index contributed by atoms with van der Waals surface area (Å²) < 4.78 is 28.0. The maximum absolute atomic E-state index is 12.8. The van der Waals surface area contributed by atoms with Crippen molar-refractivity contribution in [2.45, 2.75) is 38.5 Å². The minimum absolute atomic E-state index is 0.0769. The number of carbonyl (C=O) groups is 1. The van der Waals surface area contributed by atoms with Crippen LogP contribution in [0.2, 0.25) is 0 Å². The molecule has 8 heteroatoms. The van der Waals surface area contributed by atoms with Gasteiger partial charge >= 0.3 is 5.97 Å². The average Bonchev–Trinajstić information content (AvgIpc) is 2.63. The Bertz CT molecular complexity index is 896. The first-order chi connectivity index (χ1) is 12.8. The third-order valence-electron chi connectivity index (χ3n) is 4.15. The third-order valence-corrected chi connectivity index (χ3v) is 5.53. The largest absolute Gasteiger partial charge is 0.478 e. The number of aromatic nitrogens is 1. The Morgan fingerprint density at radius 1 is 1.22 bits per heavy atom. The number of anilines is 2. The Balaban J connectivity index is 2.46. The highest BCUT2D eigenvalue weighted by Crippen LogP contribution is 2.27. The van der Waals surface area contributed by atoms with Crippen LogP contribution >= 0.6 is 0 Å². The van der Waals surface area contributed by atoms with E-state index in [1.54, 1.807) is 12.1 Å². The summed E-state index contributed by atoms with van der Waals surface area (Å²) in [4.78, 5) is 17.6. The number of hydrogen-bond acceptors (Lipinski definition) is 5. The number of aromatic carboxylic acids is 1. The molecule has 0 atom stereocenters. The van der Waals surface area contributed by atoms with Crippen molar-refractivity contribution in [1.29, 1.82) is 0 Å². The number of carboxylic acid groups (broad SMARTS) is 1. The van der Waals surface area contributed by atoms with E-state index in [9.17, 15) is 18.3 Å². The lowest BCUT2D eigenvalue weighted by Gasteiger charge is -2.24. The SMILES string of the molecule is CCCCN(CC)c1ncc(C(=O)O)cc1NS(=O)(=O)c1ccc(C)cc1. The van der Waals surface area contributed by atoms with Crippen LogP contribution in [0.25, 0.3) is 0 Å². The molecule has 0 fully saturated rings. The lowest BCUT2D eigenvalue weighted by molar-refractivity contribution is 0.0696. The van der Waals surface area contributed by atoms with Gasteiger partial charge in [0.1, 0.15) is 0 Å². The quantitative estimate of drug-likeness (QED) is 0.678. The molecule has 1 heterocycles. The van der Waals surface area contributed by atoms with Crippen molar-refractivity contribution in [2.75, 3.05) is 22.7 Å². The summed E-state index contributed by atoms with van der Waals surface area (Å²) in [5, 5.41) is 9.25. The maximum atomic E-state index is 12.8. The highest BCUT2D eigenvalue weighted by Gasteiger charge is 2.20. The average molecular weight is 391 g/mol. The molecule has 1 aromatic carbocycles. The highest BCUT2D eigenvalue weighted by atomic mass is 32.2. The van der Waals surface area contributed by atoms with E-state index in [0.29, 0.717) is 18.9 Å². The van der Waals surface area contributed by atoms with Gasteiger partial charge in [-0.25, -0.2) is 18.2 Å². The number of rotatable bonds is 9. The molecule has 27 heavy (non-hydrogen) atoms. The van der Waals surface area contributed by atoms with E-state index < -0.39 is 16.0 Å². The smallest absolute Gasteiger partial charge is 0.337 e. The van der Waals surface area contributed by atoms with Gasteiger partial charge in [0.05, 0.1) is 16.1 Å². The number of aryl methyl sites for hydroxylation is 1. The number of nitrogens with zero attached hydrogens (tertiary/aromatic N) is 2. The molecule has 0 bridgehead atoms. The second kappa shape index (κ2) is 8.85. The van der Waals surface area contributed by atoms with Crippen LogP contribution < -0.4 is 9.62 Å². The van der Waals surface area contributed by atoms with E-state index in [1.165, 1.54) is 24.4 Å². The predicted molar refractivity (Wildman–Crippen MR) is 106 cm³/mol. The molecular formula is C19H25N3O4S. The van der Waals surface area contributed by atoms with Crippen LogP contribution in [0.4, 0.5) is 11.5 Å². The van der Waals surface area contributed by atoms with Crippen LogP contribution in [0, 0.1) is 6.92 Å². The van der Waals surface area contributed by atoms with Crippen LogP contribution in [0.1, 0.15) is 42.6 Å². The minimum atomic E-state index is -3.87. The summed E-state index contributed by atoms with van der Waals surface area (Å²) in [7, 11) is -3.87. The van der Waals surface area contributed by atoms with Gasteiger partial charge in [0.2, 0.25) is 0 Å². The first-order valence-corrected chi connectivity index (χ1v) is 10.3. The molecule has 0 aliphatic heterocycles. The fraction of sp³-hybridized carbons (Fsp3) is 0.368. The summed E-state index contributed by atoms with van der Waals surface area (Å²) in [5.74, 6) is -0.743. The third kappa shape index (κ3) is 5.19. The molecule has 0 aliphatic rings. The van der Waals surface area contributed by atoms with Crippen molar-refractivity contribution in [3.05, 3.63) is 47.7 Å². The van der Waals surface area contributed by atoms with Crippen LogP contribution in [0.5, 0.6) is 0 Å². The first kappa shape index (κ1) is 20.7. The number of benzene rings is 1. The van der Waals surface area contributed by atoms with E-state index in [0.717, 1.165) is 18.4 Å². The molecule has 2 aromatic rings. The number of nitrogens with one attached hydrogen (secondary N) is 1. The van der Waals surface area contributed by atoms with Gasteiger partial charge in [-0.3, -0.25) is 4.72 Å². The van der Waals surface area contributed by atoms with Gasteiger partial charge in [-0.15, -0.1) is 0 Å². The number of unbranched alkanes of at least 4 members (excludes halogenated alkanes) is 1. The van der Waals surface area contributed by atoms with Gasteiger partial charge in [-0.1, -0.05) is 31.0 Å². The normalized spacial score (nSPS) is 11.2. The van der Waals surface area contributed by atoms with Gasteiger partial charge in [-0.05, 0) is 38.5 Å². The van der Waals surface area contributed by atoms with Crippen LogP contribution in [-0.4, -0.2) is 37.6 Å². The monoisotopic (exact) mass is 391 g/mol. The molecule has 2 N–H and O–H groups in total. The number of sulfonamides is 1. The minimum Gasteiger partial charge on any atom is -0.478 e. The van der Waals surface area contributed by atoms with E-state index in [-0.39, 0.29) is 16.1 Å². The van der Waals surface area contributed by atoms with Crippen molar-refractivity contribution >= 4 is 27.5 Å². The molecular weight excluding hydrogens is 366 g/mol. The summed E-state index contributed by atoms with van der Waals surface area (Å²) >= 11 is 0. The van der Waals surface area contributed by atoms with Crippen molar-refractivity contribution in [3.8, 4) is 0 Å². The predicted octanol–water partition coefficient (Wildman–Crippen LogP) is 3.52. The van der Waals surface area contributed by atoms with Gasteiger partial charge in [0.25, 0.3) is 10.0 Å². The van der Waals surface area contributed by atoms with Crippen molar-refractivity contribution < 1.29 is 18.3 Å². The van der Waals surface area contributed by atoms with Gasteiger partial charge in [-0.2, -0.15) is 0 Å². The van der Waals surface area contributed by atoms with Crippen molar-refractivity contribution in [2.24, 2.45) is 0 Å². The molecule has 0 saturated heterocycles. The number of pyridine rings is 1. The Kier molecular flexibility index (Phi) is 6.79. The van der Waals surface area contributed by atoms with Crippen molar-refractivity contribution in [3.63, 3.8) is 0 Å². The summed E-state index contributed by atoms with van der Waals surface area (Å²) in [6, 6.07) is 7.76. The summed E-state index contributed by atoms with van der Waals surface area (Å²) in [6.07, 6.45) is 3.14. The molecule has 0 unspecified atom stereocenters. The maximum Gasteiger partial charge on any atom is 0.337 e. The van der Waals surface area contributed by atoms with Crippen LogP contribution in [0.15, 0.2) is 41.4 Å². The highest BCUT2D eigenvalue weighted by molar-refractivity contribution is 7.92. The molecule has 0 aliphatic carbocycles. The summed E-state index contributed by atoms with van der Waals surface area (Å²) in [5.41, 5.74) is 1.03. The molecule has 0 amide bonds. The lowest BCUT2D eigenvalue weighted by Crippen LogP contribution is -2.27. The second-order valence-electron chi connectivity index (χ2n) is 6.25. The molecule has 0 radical (unpaired) electrons. The van der Waals surface area contributed by atoms with E-state index >= 15 is 0 Å². The van der Waals surface area contributed by atoms with Gasteiger partial charge in [0, 0.05) is 19.3 Å². The molecule has 0 saturated carbocycles. The fourth-order valence-corrected chi connectivity index (χ4v) is 3.64. The van der Waals surface area contributed by atoms with Crippen LogP contribution in [-0.2, 0) is 10.0 Å². The zero-order valence-electron chi connectivity index (χ0n) is 15.8. The van der Waals surface area contributed by atoms with Crippen molar-refractivity contribution in [1.82, 2.24) is 4.98 Å². The number of carboxylic acids is 1.